The zero-order valence-electron chi connectivity index (χ0n) is 16.5. The Morgan fingerprint density at radius 2 is 1.96 bits per heavy atom. The Morgan fingerprint density at radius 3 is 2.71 bits per heavy atom. The number of fused-ring (bicyclic) bond motifs is 1. The molecule has 2 saturated heterocycles. The lowest BCUT2D eigenvalue weighted by atomic mass is 9.93. The first-order valence-corrected chi connectivity index (χ1v) is 10.0. The van der Waals surface area contributed by atoms with Gasteiger partial charge in [-0.1, -0.05) is 0 Å². The predicted octanol–water partition coefficient (Wildman–Crippen LogP) is 1.91. The Hall–Kier alpha value is -2.48. The summed E-state index contributed by atoms with van der Waals surface area (Å²) in [6.45, 7) is 2.07. The van der Waals surface area contributed by atoms with E-state index in [1.165, 1.54) is 4.90 Å². The van der Waals surface area contributed by atoms with E-state index >= 15 is 0 Å². The van der Waals surface area contributed by atoms with Crippen molar-refractivity contribution < 1.29 is 14.3 Å². The van der Waals surface area contributed by atoms with Gasteiger partial charge in [0.25, 0.3) is 5.91 Å². The van der Waals surface area contributed by atoms with Gasteiger partial charge in [0, 0.05) is 46.0 Å². The largest absolute Gasteiger partial charge is 0.381 e. The van der Waals surface area contributed by atoms with Gasteiger partial charge >= 0.3 is 0 Å². The number of aromatic nitrogens is 3. The third-order valence-electron chi connectivity index (χ3n) is 5.76. The Balaban J connectivity index is 1.68. The molecular formula is C20H27N5O3. The first kappa shape index (κ1) is 18.9. The number of likely N-dealkylation sites (tertiary alicyclic amines) is 1. The molecule has 0 unspecified atom stereocenters. The van der Waals surface area contributed by atoms with E-state index in [0.29, 0.717) is 24.4 Å². The van der Waals surface area contributed by atoms with Crippen molar-refractivity contribution in [1.29, 1.82) is 0 Å². The number of hydrogen-bond donors (Lipinski definition) is 0. The molecule has 2 aliphatic heterocycles. The van der Waals surface area contributed by atoms with Crippen LogP contribution in [0.3, 0.4) is 0 Å². The van der Waals surface area contributed by atoms with Crippen LogP contribution in [-0.2, 0) is 9.53 Å². The second kappa shape index (κ2) is 7.87. The minimum Gasteiger partial charge on any atom is -0.381 e. The van der Waals surface area contributed by atoms with Gasteiger partial charge in [-0.05, 0) is 38.2 Å². The van der Waals surface area contributed by atoms with Crippen molar-refractivity contribution in [2.24, 2.45) is 5.92 Å². The van der Waals surface area contributed by atoms with Crippen LogP contribution >= 0.6 is 0 Å². The number of amides is 2. The predicted molar refractivity (Wildman–Crippen MR) is 103 cm³/mol. The summed E-state index contributed by atoms with van der Waals surface area (Å²) in [5, 5.41) is 4.45. The maximum atomic E-state index is 13.2. The number of carbonyl (C=O) groups excluding carboxylic acids is 2. The van der Waals surface area contributed by atoms with Crippen LogP contribution in [-0.4, -0.2) is 70.1 Å². The van der Waals surface area contributed by atoms with Crippen molar-refractivity contribution >= 4 is 17.5 Å². The fourth-order valence-electron chi connectivity index (χ4n) is 4.24. The van der Waals surface area contributed by atoms with Gasteiger partial charge < -0.3 is 14.5 Å². The topological polar surface area (TPSA) is 80.0 Å². The molecule has 0 aromatic carbocycles. The first-order valence-electron chi connectivity index (χ1n) is 10.0. The molecule has 0 bridgehead atoms. The average molecular weight is 385 g/mol. The number of ether oxygens (including phenoxy) is 1. The number of rotatable bonds is 3. The minimum atomic E-state index is -0.126. The van der Waals surface area contributed by atoms with Gasteiger partial charge in [-0.2, -0.15) is 5.10 Å². The second-order valence-corrected chi connectivity index (χ2v) is 7.79. The highest BCUT2D eigenvalue weighted by Gasteiger charge is 2.34. The van der Waals surface area contributed by atoms with Gasteiger partial charge in [0.2, 0.25) is 5.91 Å². The van der Waals surface area contributed by atoms with E-state index in [1.807, 2.05) is 11.0 Å². The van der Waals surface area contributed by atoms with E-state index in [1.54, 1.807) is 31.0 Å². The van der Waals surface area contributed by atoms with Crippen LogP contribution in [0, 0.1) is 5.92 Å². The van der Waals surface area contributed by atoms with E-state index in [9.17, 15) is 9.59 Å². The van der Waals surface area contributed by atoms with Crippen LogP contribution < -0.4 is 0 Å². The zero-order valence-corrected chi connectivity index (χ0v) is 16.5. The second-order valence-electron chi connectivity index (χ2n) is 7.79. The Labute approximate surface area is 164 Å². The molecule has 2 aliphatic rings. The SMILES string of the molecule is CN(C)C(=O)c1cnn2c([C@@H]3CCCCN3C(=O)C3CCOCC3)ccnc12. The summed E-state index contributed by atoms with van der Waals surface area (Å²) in [4.78, 5) is 33.6. The van der Waals surface area contributed by atoms with Crippen LogP contribution in [0.4, 0.5) is 0 Å². The molecule has 2 aromatic rings. The number of carbonyl (C=O) groups is 2. The van der Waals surface area contributed by atoms with E-state index in [0.717, 1.165) is 44.3 Å². The Morgan fingerprint density at radius 1 is 1.18 bits per heavy atom. The maximum absolute atomic E-state index is 13.2. The van der Waals surface area contributed by atoms with Crippen LogP contribution in [0.15, 0.2) is 18.5 Å². The van der Waals surface area contributed by atoms with Gasteiger partial charge in [-0.3, -0.25) is 9.59 Å². The summed E-state index contributed by atoms with van der Waals surface area (Å²) in [7, 11) is 3.43. The lowest BCUT2D eigenvalue weighted by Gasteiger charge is -2.38. The van der Waals surface area contributed by atoms with E-state index in [2.05, 4.69) is 10.1 Å². The number of nitrogens with zero attached hydrogens (tertiary/aromatic N) is 5. The van der Waals surface area contributed by atoms with Crippen molar-refractivity contribution in [2.45, 2.75) is 38.1 Å². The number of piperidine rings is 1. The molecule has 0 saturated carbocycles. The summed E-state index contributed by atoms with van der Waals surface area (Å²) >= 11 is 0. The summed E-state index contributed by atoms with van der Waals surface area (Å²) in [5.41, 5.74) is 1.94. The Kier molecular flexibility index (Phi) is 5.30. The van der Waals surface area contributed by atoms with Gasteiger partial charge in [0.15, 0.2) is 5.65 Å². The molecule has 8 nitrogen and oxygen atoms in total. The van der Waals surface area contributed by atoms with E-state index < -0.39 is 0 Å². The molecule has 4 heterocycles. The maximum Gasteiger partial charge on any atom is 0.258 e. The molecule has 0 radical (unpaired) electrons. The third-order valence-corrected chi connectivity index (χ3v) is 5.76. The summed E-state index contributed by atoms with van der Waals surface area (Å²) in [6.07, 6.45) is 7.84. The van der Waals surface area contributed by atoms with E-state index in [4.69, 9.17) is 4.74 Å². The molecule has 0 N–H and O–H groups in total. The van der Waals surface area contributed by atoms with Crippen molar-refractivity contribution in [3.63, 3.8) is 0 Å². The Bertz CT molecular complexity index is 872. The minimum absolute atomic E-state index is 0.0372. The smallest absolute Gasteiger partial charge is 0.258 e. The molecule has 28 heavy (non-hydrogen) atoms. The normalized spacial score (nSPS) is 21.1. The quantitative estimate of drug-likeness (QED) is 0.806. The summed E-state index contributed by atoms with van der Waals surface area (Å²) in [5.74, 6) is 0.128. The molecule has 150 valence electrons. The van der Waals surface area contributed by atoms with Gasteiger partial charge in [0.05, 0.1) is 17.9 Å². The van der Waals surface area contributed by atoms with Gasteiger partial charge in [0.1, 0.15) is 5.56 Å². The molecule has 4 rings (SSSR count). The average Bonchev–Trinajstić information content (AvgIpc) is 3.17. The van der Waals surface area contributed by atoms with Crippen LogP contribution in [0.1, 0.15) is 54.2 Å². The standard InChI is InChI=1S/C20H27N5O3/c1-23(2)20(27)15-13-22-25-17(6-9-21-18(15)25)16-5-3-4-10-24(16)19(26)14-7-11-28-12-8-14/h6,9,13-14,16H,3-5,7-8,10-12H2,1-2H3/t16-/m0/s1. The molecule has 2 fully saturated rings. The molecule has 0 aliphatic carbocycles. The highest BCUT2D eigenvalue weighted by Crippen LogP contribution is 2.33. The molecule has 1 atom stereocenters. The van der Waals surface area contributed by atoms with Crippen molar-refractivity contribution in [1.82, 2.24) is 24.4 Å². The highest BCUT2D eigenvalue weighted by atomic mass is 16.5. The highest BCUT2D eigenvalue weighted by molar-refractivity contribution is 5.99. The fourth-order valence-corrected chi connectivity index (χ4v) is 4.24. The summed E-state index contributed by atoms with van der Waals surface area (Å²) < 4.78 is 7.15. The van der Waals surface area contributed by atoms with Crippen LogP contribution in [0.25, 0.3) is 5.65 Å². The fraction of sp³-hybridized carbons (Fsp3) is 0.600. The molecule has 2 amide bonds. The lowest BCUT2D eigenvalue weighted by molar-refractivity contribution is -0.142. The molecular weight excluding hydrogens is 358 g/mol. The van der Waals surface area contributed by atoms with Crippen molar-refractivity contribution in [2.75, 3.05) is 33.9 Å². The summed E-state index contributed by atoms with van der Waals surface area (Å²) in [6, 6.07) is 1.88. The van der Waals surface area contributed by atoms with Crippen LogP contribution in [0.5, 0.6) is 0 Å². The molecule has 0 spiro atoms. The van der Waals surface area contributed by atoms with Gasteiger partial charge in [-0.25, -0.2) is 9.50 Å². The molecule has 2 aromatic heterocycles. The molecule has 8 heteroatoms. The zero-order chi connectivity index (χ0) is 19.7. The van der Waals surface area contributed by atoms with Crippen molar-refractivity contribution in [3.8, 4) is 0 Å². The first-order chi connectivity index (χ1) is 13.6. The van der Waals surface area contributed by atoms with Gasteiger partial charge in [-0.15, -0.1) is 0 Å². The number of hydrogen-bond acceptors (Lipinski definition) is 5. The lowest BCUT2D eigenvalue weighted by Crippen LogP contribution is -2.43. The van der Waals surface area contributed by atoms with Crippen molar-refractivity contribution in [3.05, 3.63) is 29.7 Å². The third kappa shape index (κ3) is 3.37. The van der Waals surface area contributed by atoms with Crippen LogP contribution in [0.2, 0.25) is 0 Å². The van der Waals surface area contributed by atoms with E-state index in [-0.39, 0.29) is 23.8 Å². The monoisotopic (exact) mass is 385 g/mol.